The minimum atomic E-state index is -0.148. The first-order chi connectivity index (χ1) is 7.53. The summed E-state index contributed by atoms with van der Waals surface area (Å²) < 4.78 is 1.97. The summed E-state index contributed by atoms with van der Waals surface area (Å²) in [5.74, 6) is 1.35. The van der Waals surface area contributed by atoms with E-state index in [1.807, 2.05) is 17.8 Å². The number of nitrogens with zero attached hydrogens (tertiary/aromatic N) is 2. The van der Waals surface area contributed by atoms with Gasteiger partial charge < -0.3 is 4.57 Å². The summed E-state index contributed by atoms with van der Waals surface area (Å²) in [7, 11) is 1.96. The zero-order valence-electron chi connectivity index (χ0n) is 10.8. The molecule has 0 amide bonds. The summed E-state index contributed by atoms with van der Waals surface area (Å²) in [5.41, 5.74) is -0.148. The smallest absolute Gasteiger partial charge is 0.139 e. The zero-order valence-corrected chi connectivity index (χ0v) is 10.8. The summed E-state index contributed by atoms with van der Waals surface area (Å²) in [6.45, 7) is 6.23. The maximum absolute atomic E-state index is 12.1. The quantitative estimate of drug-likeness (QED) is 0.741. The van der Waals surface area contributed by atoms with Crippen molar-refractivity contribution in [3.8, 4) is 0 Å². The van der Waals surface area contributed by atoms with E-state index in [1.165, 1.54) is 0 Å². The van der Waals surface area contributed by atoms with Gasteiger partial charge in [-0.25, -0.2) is 4.98 Å². The summed E-state index contributed by atoms with van der Waals surface area (Å²) in [6.07, 6.45) is 6.88. The van der Waals surface area contributed by atoms with Crippen molar-refractivity contribution < 1.29 is 4.79 Å². The Balaban J connectivity index is 2.56. The molecule has 0 aliphatic rings. The molecule has 3 heteroatoms. The van der Waals surface area contributed by atoms with Crippen LogP contribution in [-0.2, 0) is 18.3 Å². The van der Waals surface area contributed by atoms with Gasteiger partial charge >= 0.3 is 0 Å². The molecule has 0 aliphatic carbocycles. The number of rotatable bonds is 6. The van der Waals surface area contributed by atoms with Crippen LogP contribution in [0.5, 0.6) is 0 Å². The maximum atomic E-state index is 12.1. The van der Waals surface area contributed by atoms with E-state index in [1.54, 1.807) is 6.20 Å². The molecule has 90 valence electrons. The lowest BCUT2D eigenvalue weighted by Gasteiger charge is -2.24. The molecule has 0 N–H and O–H groups in total. The van der Waals surface area contributed by atoms with Crippen LogP contribution in [0.3, 0.4) is 0 Å². The van der Waals surface area contributed by atoms with Crippen molar-refractivity contribution in [1.82, 2.24) is 9.55 Å². The molecule has 16 heavy (non-hydrogen) atoms. The molecule has 0 spiro atoms. The molecule has 0 unspecified atom stereocenters. The van der Waals surface area contributed by atoms with Crippen LogP contribution in [0.2, 0.25) is 0 Å². The minimum Gasteiger partial charge on any atom is -0.338 e. The number of aryl methyl sites for hydroxylation is 2. The highest BCUT2D eigenvalue weighted by molar-refractivity contribution is 5.84. The molecule has 0 saturated carbocycles. The van der Waals surface area contributed by atoms with Gasteiger partial charge in [0.15, 0.2) is 0 Å². The van der Waals surface area contributed by atoms with Crippen LogP contribution in [0.1, 0.15) is 45.9 Å². The van der Waals surface area contributed by atoms with E-state index in [9.17, 15) is 4.79 Å². The third-order valence-electron chi connectivity index (χ3n) is 3.73. The highest BCUT2D eigenvalue weighted by Gasteiger charge is 2.28. The van der Waals surface area contributed by atoms with Crippen LogP contribution in [0, 0.1) is 5.41 Å². The van der Waals surface area contributed by atoms with Gasteiger partial charge in [0.05, 0.1) is 0 Å². The predicted molar refractivity (Wildman–Crippen MR) is 65.2 cm³/mol. The van der Waals surface area contributed by atoms with Crippen LogP contribution in [-0.4, -0.2) is 15.3 Å². The van der Waals surface area contributed by atoms with Crippen molar-refractivity contribution in [3.63, 3.8) is 0 Å². The third-order valence-corrected chi connectivity index (χ3v) is 3.73. The van der Waals surface area contributed by atoms with Crippen molar-refractivity contribution in [2.75, 3.05) is 0 Å². The van der Waals surface area contributed by atoms with Gasteiger partial charge in [-0.05, 0) is 12.8 Å². The Morgan fingerprint density at radius 2 is 2.06 bits per heavy atom. The van der Waals surface area contributed by atoms with Crippen LogP contribution >= 0.6 is 0 Å². The van der Waals surface area contributed by atoms with Crippen molar-refractivity contribution in [2.45, 2.75) is 46.5 Å². The first-order valence-electron chi connectivity index (χ1n) is 6.03. The number of hydrogen-bond acceptors (Lipinski definition) is 2. The number of ketones is 1. The lowest BCUT2D eigenvalue weighted by molar-refractivity contribution is -0.128. The molecule has 0 saturated heterocycles. The minimum absolute atomic E-state index is 0.148. The van der Waals surface area contributed by atoms with Gasteiger partial charge in [-0.1, -0.05) is 20.8 Å². The van der Waals surface area contributed by atoms with Crippen LogP contribution in [0.15, 0.2) is 12.4 Å². The first-order valence-corrected chi connectivity index (χ1v) is 6.03. The second-order valence-corrected chi connectivity index (χ2v) is 4.65. The molecule has 0 aromatic carbocycles. The average Bonchev–Trinajstić information content (AvgIpc) is 2.70. The lowest BCUT2D eigenvalue weighted by Crippen LogP contribution is -2.26. The number of carbonyl (C=O) groups is 1. The zero-order chi connectivity index (χ0) is 12.2. The molecule has 0 radical (unpaired) electrons. The molecule has 1 aromatic rings. The summed E-state index contributed by atoms with van der Waals surface area (Å²) in [6, 6.07) is 0. The molecular weight excluding hydrogens is 200 g/mol. The Kier molecular flexibility index (Phi) is 4.27. The number of aromatic nitrogens is 2. The Bertz CT molecular complexity index is 351. The van der Waals surface area contributed by atoms with Crippen LogP contribution in [0.25, 0.3) is 0 Å². The van der Waals surface area contributed by atoms with E-state index < -0.39 is 0 Å². The topological polar surface area (TPSA) is 34.9 Å². The van der Waals surface area contributed by atoms with Gasteiger partial charge in [0.25, 0.3) is 0 Å². The molecule has 0 bridgehead atoms. The molecule has 0 fully saturated rings. The normalized spacial score (nSPS) is 11.8. The van der Waals surface area contributed by atoms with E-state index in [0.717, 1.165) is 25.1 Å². The molecular formula is C13H22N2O. The van der Waals surface area contributed by atoms with E-state index in [4.69, 9.17) is 0 Å². The summed E-state index contributed by atoms with van der Waals surface area (Å²) >= 11 is 0. The largest absolute Gasteiger partial charge is 0.338 e. The standard InChI is InChI=1S/C13H22N2O/c1-5-13(3,6-2)11(16)7-8-12-14-9-10-15(12)4/h9-10H,5-8H2,1-4H3. The molecule has 3 nitrogen and oxygen atoms in total. The Labute approximate surface area is 97.9 Å². The fourth-order valence-corrected chi connectivity index (χ4v) is 1.81. The molecule has 1 heterocycles. The van der Waals surface area contributed by atoms with Crippen molar-refractivity contribution >= 4 is 5.78 Å². The molecule has 0 atom stereocenters. The number of Topliss-reactive ketones (excluding diaryl/α,β-unsaturated/α-hetero) is 1. The SMILES string of the molecule is CCC(C)(CC)C(=O)CCc1nccn1C. The number of imidazole rings is 1. The molecule has 1 aromatic heterocycles. The second kappa shape index (κ2) is 5.28. The predicted octanol–water partition coefficient (Wildman–Crippen LogP) is 2.75. The summed E-state index contributed by atoms with van der Waals surface area (Å²) in [4.78, 5) is 16.3. The average molecular weight is 222 g/mol. The Morgan fingerprint density at radius 1 is 1.44 bits per heavy atom. The van der Waals surface area contributed by atoms with Crippen molar-refractivity contribution in [1.29, 1.82) is 0 Å². The number of carbonyl (C=O) groups excluding carboxylic acids is 1. The highest BCUT2D eigenvalue weighted by Crippen LogP contribution is 2.28. The van der Waals surface area contributed by atoms with Gasteiger partial charge in [0.2, 0.25) is 0 Å². The van der Waals surface area contributed by atoms with Crippen LogP contribution < -0.4 is 0 Å². The lowest BCUT2D eigenvalue weighted by atomic mass is 9.79. The second-order valence-electron chi connectivity index (χ2n) is 4.65. The van der Waals surface area contributed by atoms with Crippen LogP contribution in [0.4, 0.5) is 0 Å². The monoisotopic (exact) mass is 222 g/mol. The fourth-order valence-electron chi connectivity index (χ4n) is 1.81. The van der Waals surface area contributed by atoms with Gasteiger partial charge in [0, 0.05) is 37.7 Å². The number of hydrogen-bond donors (Lipinski definition) is 0. The maximum Gasteiger partial charge on any atom is 0.139 e. The van der Waals surface area contributed by atoms with Gasteiger partial charge in [0.1, 0.15) is 11.6 Å². The summed E-state index contributed by atoms with van der Waals surface area (Å²) in [5, 5.41) is 0. The third kappa shape index (κ3) is 2.71. The highest BCUT2D eigenvalue weighted by atomic mass is 16.1. The molecule has 1 rings (SSSR count). The van der Waals surface area contributed by atoms with Crippen molar-refractivity contribution in [3.05, 3.63) is 18.2 Å². The molecule has 0 aliphatic heterocycles. The van der Waals surface area contributed by atoms with E-state index >= 15 is 0 Å². The first kappa shape index (κ1) is 12.9. The Morgan fingerprint density at radius 3 is 2.50 bits per heavy atom. The fraction of sp³-hybridized carbons (Fsp3) is 0.692. The van der Waals surface area contributed by atoms with E-state index in [0.29, 0.717) is 12.2 Å². The van der Waals surface area contributed by atoms with Gasteiger partial charge in [-0.2, -0.15) is 0 Å². The van der Waals surface area contributed by atoms with Crippen molar-refractivity contribution in [2.24, 2.45) is 12.5 Å². The van der Waals surface area contributed by atoms with E-state index in [2.05, 4.69) is 25.8 Å². The van der Waals surface area contributed by atoms with E-state index in [-0.39, 0.29) is 5.41 Å². The van der Waals surface area contributed by atoms with Gasteiger partial charge in [-0.3, -0.25) is 4.79 Å². The van der Waals surface area contributed by atoms with Gasteiger partial charge in [-0.15, -0.1) is 0 Å². The Hall–Kier alpha value is -1.12.